The predicted molar refractivity (Wildman–Crippen MR) is 77.0 cm³/mol. The molecule has 0 aliphatic rings. The Balaban J connectivity index is 2.67. The fourth-order valence-corrected chi connectivity index (χ4v) is 2.31. The molecule has 0 saturated heterocycles. The molecule has 0 radical (unpaired) electrons. The summed E-state index contributed by atoms with van der Waals surface area (Å²) in [6.07, 6.45) is 0.475. The van der Waals surface area contributed by atoms with Crippen molar-refractivity contribution in [2.24, 2.45) is 11.8 Å². The number of hydrogen-bond acceptors (Lipinski definition) is 2. The summed E-state index contributed by atoms with van der Waals surface area (Å²) >= 11 is 3.10. The number of carbonyl (C=O) groups excluding carboxylic acids is 1. The minimum absolute atomic E-state index is 0.0283. The third kappa shape index (κ3) is 5.28. The highest BCUT2D eigenvalue weighted by Gasteiger charge is 2.20. The molecule has 0 aliphatic carbocycles. The van der Waals surface area contributed by atoms with Gasteiger partial charge in [0.2, 0.25) is 0 Å². The van der Waals surface area contributed by atoms with E-state index in [0.29, 0.717) is 10.9 Å². The van der Waals surface area contributed by atoms with Crippen LogP contribution in [0.3, 0.4) is 0 Å². The molecule has 1 aromatic rings. The fraction of sp³-hybridized carbons (Fsp3) is 0.429. The van der Waals surface area contributed by atoms with Gasteiger partial charge in [-0.1, -0.05) is 29.8 Å². The van der Waals surface area contributed by atoms with E-state index in [-0.39, 0.29) is 18.0 Å². The van der Waals surface area contributed by atoms with Gasteiger partial charge in [0.15, 0.2) is 0 Å². The Bertz CT molecular complexity index is 485. The number of halogens is 2. The molecule has 1 unspecified atom stereocenters. The van der Waals surface area contributed by atoms with Crippen LogP contribution in [0.2, 0.25) is 0 Å². The highest BCUT2D eigenvalue weighted by molar-refractivity contribution is 9.10. The van der Waals surface area contributed by atoms with E-state index in [4.69, 9.17) is 5.11 Å². The van der Waals surface area contributed by atoms with Gasteiger partial charge in [-0.3, -0.25) is 9.59 Å². The third-order valence-electron chi connectivity index (χ3n) is 2.74. The molecule has 1 aromatic carbocycles. The Morgan fingerprint density at radius 2 is 2.00 bits per heavy atom. The molecule has 0 heterocycles. The van der Waals surface area contributed by atoms with Crippen LogP contribution in [-0.2, 0) is 4.79 Å². The highest BCUT2D eigenvalue weighted by Crippen LogP contribution is 2.15. The maximum Gasteiger partial charge on any atom is 0.308 e. The monoisotopic (exact) mass is 345 g/mol. The van der Waals surface area contributed by atoms with Gasteiger partial charge in [-0.25, -0.2) is 4.39 Å². The molecular weight excluding hydrogens is 329 g/mol. The first-order chi connectivity index (χ1) is 9.29. The lowest BCUT2D eigenvalue weighted by Crippen LogP contribution is -2.33. The molecule has 2 N–H and O–H groups in total. The summed E-state index contributed by atoms with van der Waals surface area (Å²) in [7, 11) is 0. The van der Waals surface area contributed by atoms with Crippen LogP contribution in [0.25, 0.3) is 0 Å². The summed E-state index contributed by atoms with van der Waals surface area (Å²) in [5, 5.41) is 11.6. The largest absolute Gasteiger partial charge is 0.481 e. The molecule has 0 aromatic heterocycles. The lowest BCUT2D eigenvalue weighted by Gasteiger charge is -2.15. The molecule has 0 fully saturated rings. The number of nitrogens with one attached hydrogen (secondary N) is 1. The van der Waals surface area contributed by atoms with Gasteiger partial charge in [-0.15, -0.1) is 0 Å². The zero-order valence-corrected chi connectivity index (χ0v) is 12.9. The molecule has 6 heteroatoms. The van der Waals surface area contributed by atoms with Crippen molar-refractivity contribution in [3.05, 3.63) is 34.1 Å². The predicted octanol–water partition coefficient (Wildman–Crippen LogP) is 3.06. The fourth-order valence-electron chi connectivity index (χ4n) is 1.84. The number of benzene rings is 1. The van der Waals surface area contributed by atoms with Crippen LogP contribution in [0.1, 0.15) is 30.6 Å². The number of aliphatic carboxylic acids is 1. The average molecular weight is 346 g/mol. The van der Waals surface area contributed by atoms with E-state index in [1.165, 1.54) is 12.1 Å². The maximum atomic E-state index is 13.2. The van der Waals surface area contributed by atoms with Gasteiger partial charge in [0.05, 0.1) is 5.92 Å². The van der Waals surface area contributed by atoms with Crippen molar-refractivity contribution in [1.29, 1.82) is 0 Å². The van der Waals surface area contributed by atoms with Gasteiger partial charge < -0.3 is 10.4 Å². The number of rotatable bonds is 6. The van der Waals surface area contributed by atoms with E-state index in [1.54, 1.807) is 0 Å². The molecule has 110 valence electrons. The minimum atomic E-state index is -0.945. The molecule has 0 spiro atoms. The van der Waals surface area contributed by atoms with Crippen LogP contribution in [0, 0.1) is 17.7 Å². The molecular formula is C14H17BrFNO3. The smallest absolute Gasteiger partial charge is 0.308 e. The van der Waals surface area contributed by atoms with Gasteiger partial charge in [0.25, 0.3) is 5.91 Å². The van der Waals surface area contributed by atoms with Crippen molar-refractivity contribution in [2.75, 3.05) is 6.54 Å². The first kappa shape index (κ1) is 16.6. The highest BCUT2D eigenvalue weighted by atomic mass is 79.9. The molecule has 1 rings (SSSR count). The first-order valence-corrected chi connectivity index (χ1v) is 7.06. The number of carbonyl (C=O) groups is 2. The number of hydrogen-bond donors (Lipinski definition) is 2. The van der Waals surface area contributed by atoms with Crippen molar-refractivity contribution in [2.45, 2.75) is 20.3 Å². The zero-order valence-electron chi connectivity index (χ0n) is 11.3. The summed E-state index contributed by atoms with van der Waals surface area (Å²) in [6.45, 7) is 3.86. The zero-order chi connectivity index (χ0) is 15.3. The van der Waals surface area contributed by atoms with Gasteiger partial charge in [0, 0.05) is 16.6 Å². The number of carboxylic acids is 1. The lowest BCUT2D eigenvalue weighted by molar-refractivity contribution is -0.142. The minimum Gasteiger partial charge on any atom is -0.481 e. The first-order valence-electron chi connectivity index (χ1n) is 6.26. The Morgan fingerprint density at radius 3 is 2.50 bits per heavy atom. The molecule has 0 bridgehead atoms. The number of carboxylic acid groups (broad SMARTS) is 1. The van der Waals surface area contributed by atoms with Crippen molar-refractivity contribution in [3.8, 4) is 0 Å². The van der Waals surface area contributed by atoms with Crippen LogP contribution in [0.15, 0.2) is 22.7 Å². The van der Waals surface area contributed by atoms with E-state index in [9.17, 15) is 14.0 Å². The SMILES string of the molecule is CC(C)CC(CNC(=O)c1cc(F)cc(Br)c1)C(=O)O. The Hall–Kier alpha value is -1.43. The van der Waals surface area contributed by atoms with Gasteiger partial charge >= 0.3 is 5.97 Å². The average Bonchev–Trinajstić information content (AvgIpc) is 2.32. The van der Waals surface area contributed by atoms with E-state index in [1.807, 2.05) is 13.8 Å². The van der Waals surface area contributed by atoms with Gasteiger partial charge in [-0.05, 0) is 30.5 Å². The van der Waals surface area contributed by atoms with E-state index >= 15 is 0 Å². The summed E-state index contributed by atoms with van der Waals surface area (Å²) in [6, 6.07) is 3.84. The Labute approximate surface area is 125 Å². The second kappa shape index (κ2) is 7.38. The van der Waals surface area contributed by atoms with Crippen LogP contribution < -0.4 is 5.32 Å². The van der Waals surface area contributed by atoms with Gasteiger partial charge in [-0.2, -0.15) is 0 Å². The molecule has 0 saturated carbocycles. The Morgan fingerprint density at radius 1 is 1.35 bits per heavy atom. The normalized spacial score (nSPS) is 12.2. The van der Waals surface area contributed by atoms with Crippen LogP contribution in [0.4, 0.5) is 4.39 Å². The van der Waals surface area contributed by atoms with E-state index in [0.717, 1.165) is 6.07 Å². The summed E-state index contributed by atoms with van der Waals surface area (Å²) in [4.78, 5) is 22.9. The second-order valence-corrected chi connectivity index (χ2v) is 5.95. The van der Waals surface area contributed by atoms with Crippen molar-refractivity contribution in [1.82, 2.24) is 5.32 Å². The molecule has 4 nitrogen and oxygen atoms in total. The molecule has 1 atom stereocenters. The van der Waals surface area contributed by atoms with Crippen LogP contribution >= 0.6 is 15.9 Å². The standard InChI is InChI=1S/C14H17BrFNO3/c1-8(2)3-10(14(19)20)7-17-13(18)9-4-11(15)6-12(16)5-9/h4-6,8,10H,3,7H2,1-2H3,(H,17,18)(H,19,20). The third-order valence-corrected chi connectivity index (χ3v) is 3.20. The Kier molecular flexibility index (Phi) is 6.13. The number of amides is 1. The quantitative estimate of drug-likeness (QED) is 0.832. The van der Waals surface area contributed by atoms with E-state index in [2.05, 4.69) is 21.2 Å². The van der Waals surface area contributed by atoms with Crippen molar-refractivity contribution < 1.29 is 19.1 Å². The van der Waals surface area contributed by atoms with Crippen molar-refractivity contribution >= 4 is 27.8 Å². The molecule has 20 heavy (non-hydrogen) atoms. The molecule has 1 amide bonds. The maximum absolute atomic E-state index is 13.2. The lowest BCUT2D eigenvalue weighted by atomic mass is 9.97. The summed E-state index contributed by atoms with van der Waals surface area (Å²) in [5.74, 6) is -2.38. The summed E-state index contributed by atoms with van der Waals surface area (Å²) < 4.78 is 13.6. The van der Waals surface area contributed by atoms with Crippen LogP contribution in [-0.4, -0.2) is 23.5 Å². The topological polar surface area (TPSA) is 66.4 Å². The molecule has 0 aliphatic heterocycles. The van der Waals surface area contributed by atoms with E-state index < -0.39 is 23.6 Å². The summed E-state index contributed by atoms with van der Waals surface area (Å²) in [5.41, 5.74) is 0.158. The van der Waals surface area contributed by atoms with Crippen molar-refractivity contribution in [3.63, 3.8) is 0 Å². The van der Waals surface area contributed by atoms with Crippen LogP contribution in [0.5, 0.6) is 0 Å². The second-order valence-electron chi connectivity index (χ2n) is 5.03. The van der Waals surface area contributed by atoms with Gasteiger partial charge in [0.1, 0.15) is 5.82 Å².